The third-order valence-corrected chi connectivity index (χ3v) is 4.39. The van der Waals surface area contributed by atoms with E-state index in [-0.39, 0.29) is 0 Å². The monoisotopic (exact) mass is 209 g/mol. The molecule has 0 aliphatic heterocycles. The molecule has 1 nitrogen and oxygen atoms in total. The molecule has 2 rings (SSSR count). The molecule has 0 amide bonds. The van der Waals surface area contributed by atoms with Gasteiger partial charge < -0.3 is 5.32 Å². The summed E-state index contributed by atoms with van der Waals surface area (Å²) in [6.07, 6.45) is 7.25. The SMILES string of the molecule is CC(C)[C@H]1CC[C@@H](C)C[C@H]1NCC1CC1. The first-order valence-electron chi connectivity index (χ1n) is 6.90. The molecule has 0 saturated heterocycles. The van der Waals surface area contributed by atoms with Crippen molar-refractivity contribution in [3.63, 3.8) is 0 Å². The molecule has 0 heterocycles. The Bertz CT molecular complexity index is 196. The molecule has 1 heteroatoms. The van der Waals surface area contributed by atoms with Crippen molar-refractivity contribution in [3.8, 4) is 0 Å². The summed E-state index contributed by atoms with van der Waals surface area (Å²) in [5.41, 5.74) is 0. The zero-order chi connectivity index (χ0) is 10.8. The first kappa shape index (κ1) is 11.4. The lowest BCUT2D eigenvalue weighted by Crippen LogP contribution is -2.43. The highest BCUT2D eigenvalue weighted by Gasteiger charge is 2.31. The van der Waals surface area contributed by atoms with Crippen LogP contribution >= 0.6 is 0 Å². The molecule has 2 fully saturated rings. The molecular weight excluding hydrogens is 182 g/mol. The smallest absolute Gasteiger partial charge is 0.0100 e. The van der Waals surface area contributed by atoms with Crippen molar-refractivity contribution in [3.05, 3.63) is 0 Å². The van der Waals surface area contributed by atoms with Crippen molar-refractivity contribution < 1.29 is 0 Å². The van der Waals surface area contributed by atoms with Gasteiger partial charge in [-0.2, -0.15) is 0 Å². The van der Waals surface area contributed by atoms with E-state index >= 15 is 0 Å². The predicted octanol–water partition coefficient (Wildman–Crippen LogP) is 3.45. The van der Waals surface area contributed by atoms with Crippen LogP contribution in [0.4, 0.5) is 0 Å². The minimum absolute atomic E-state index is 0.814. The number of hydrogen-bond acceptors (Lipinski definition) is 1. The Balaban J connectivity index is 1.83. The largest absolute Gasteiger partial charge is 0.313 e. The Morgan fingerprint density at radius 3 is 2.47 bits per heavy atom. The van der Waals surface area contributed by atoms with Crippen molar-refractivity contribution in [2.24, 2.45) is 23.7 Å². The first-order chi connectivity index (χ1) is 7.16. The second kappa shape index (κ2) is 4.86. The van der Waals surface area contributed by atoms with E-state index in [0.717, 1.165) is 29.7 Å². The summed E-state index contributed by atoms with van der Waals surface area (Å²) >= 11 is 0. The molecule has 1 N–H and O–H groups in total. The summed E-state index contributed by atoms with van der Waals surface area (Å²) in [5, 5.41) is 3.85. The van der Waals surface area contributed by atoms with Crippen LogP contribution in [0, 0.1) is 23.7 Å². The van der Waals surface area contributed by atoms with Crippen LogP contribution in [0.15, 0.2) is 0 Å². The van der Waals surface area contributed by atoms with Gasteiger partial charge in [-0.3, -0.25) is 0 Å². The van der Waals surface area contributed by atoms with Crippen LogP contribution in [0.2, 0.25) is 0 Å². The van der Waals surface area contributed by atoms with Gasteiger partial charge in [-0.1, -0.05) is 27.2 Å². The van der Waals surface area contributed by atoms with Crippen molar-refractivity contribution in [2.75, 3.05) is 6.54 Å². The molecule has 0 aromatic rings. The molecule has 2 aliphatic carbocycles. The molecule has 0 bridgehead atoms. The van der Waals surface area contributed by atoms with Crippen LogP contribution in [-0.4, -0.2) is 12.6 Å². The minimum atomic E-state index is 0.814. The van der Waals surface area contributed by atoms with E-state index in [4.69, 9.17) is 0 Å². The van der Waals surface area contributed by atoms with E-state index in [2.05, 4.69) is 26.1 Å². The van der Waals surface area contributed by atoms with Crippen molar-refractivity contribution in [1.29, 1.82) is 0 Å². The summed E-state index contributed by atoms with van der Waals surface area (Å²) in [6, 6.07) is 0.814. The van der Waals surface area contributed by atoms with Gasteiger partial charge in [-0.15, -0.1) is 0 Å². The molecule has 2 saturated carbocycles. The van der Waals surface area contributed by atoms with E-state index in [0.29, 0.717) is 0 Å². The molecule has 0 spiro atoms. The highest BCUT2D eigenvalue weighted by molar-refractivity contribution is 4.87. The Kier molecular flexibility index (Phi) is 3.71. The van der Waals surface area contributed by atoms with Gasteiger partial charge in [-0.05, 0) is 55.9 Å². The Labute approximate surface area is 95.0 Å². The topological polar surface area (TPSA) is 12.0 Å². The van der Waals surface area contributed by atoms with Gasteiger partial charge in [-0.25, -0.2) is 0 Å². The summed E-state index contributed by atoms with van der Waals surface area (Å²) < 4.78 is 0. The molecule has 0 aromatic heterocycles. The lowest BCUT2D eigenvalue weighted by molar-refractivity contribution is 0.169. The summed E-state index contributed by atoms with van der Waals surface area (Å²) in [6.45, 7) is 8.50. The van der Waals surface area contributed by atoms with Crippen LogP contribution < -0.4 is 5.32 Å². The van der Waals surface area contributed by atoms with Crippen LogP contribution in [0.25, 0.3) is 0 Å². The summed E-state index contributed by atoms with van der Waals surface area (Å²) in [7, 11) is 0. The van der Waals surface area contributed by atoms with E-state index in [9.17, 15) is 0 Å². The van der Waals surface area contributed by atoms with E-state index in [1.165, 1.54) is 38.6 Å². The van der Waals surface area contributed by atoms with Gasteiger partial charge in [0.1, 0.15) is 0 Å². The highest BCUT2D eigenvalue weighted by atomic mass is 14.9. The van der Waals surface area contributed by atoms with Gasteiger partial charge in [0.25, 0.3) is 0 Å². The van der Waals surface area contributed by atoms with Crippen molar-refractivity contribution in [1.82, 2.24) is 5.32 Å². The molecule has 2 aliphatic rings. The maximum atomic E-state index is 3.85. The fourth-order valence-corrected chi connectivity index (χ4v) is 3.08. The zero-order valence-corrected chi connectivity index (χ0v) is 10.6. The van der Waals surface area contributed by atoms with E-state index in [1.807, 2.05) is 0 Å². The number of nitrogens with one attached hydrogen (secondary N) is 1. The lowest BCUT2D eigenvalue weighted by atomic mass is 9.74. The third-order valence-electron chi connectivity index (χ3n) is 4.39. The van der Waals surface area contributed by atoms with Gasteiger partial charge >= 0.3 is 0 Å². The summed E-state index contributed by atoms with van der Waals surface area (Å²) in [4.78, 5) is 0. The second-order valence-electron chi connectivity index (χ2n) is 6.28. The highest BCUT2D eigenvalue weighted by Crippen LogP contribution is 2.34. The summed E-state index contributed by atoms with van der Waals surface area (Å²) in [5.74, 6) is 3.75. The fraction of sp³-hybridized carbons (Fsp3) is 1.00. The maximum Gasteiger partial charge on any atom is 0.0100 e. The second-order valence-corrected chi connectivity index (χ2v) is 6.28. The van der Waals surface area contributed by atoms with E-state index in [1.54, 1.807) is 0 Å². The van der Waals surface area contributed by atoms with Crippen LogP contribution in [-0.2, 0) is 0 Å². The molecule has 88 valence electrons. The van der Waals surface area contributed by atoms with Crippen molar-refractivity contribution >= 4 is 0 Å². The first-order valence-corrected chi connectivity index (χ1v) is 6.90. The Hall–Kier alpha value is -0.0400. The standard InChI is InChI=1S/C14H27N/c1-10(2)13-7-4-11(3)8-14(13)15-9-12-5-6-12/h10-15H,4-9H2,1-3H3/t11-,13-,14-/m1/s1. The molecular formula is C14H27N. The number of rotatable bonds is 4. The average molecular weight is 209 g/mol. The zero-order valence-electron chi connectivity index (χ0n) is 10.6. The molecule has 0 radical (unpaired) electrons. The van der Waals surface area contributed by atoms with Gasteiger partial charge in [0.05, 0.1) is 0 Å². The quantitative estimate of drug-likeness (QED) is 0.748. The Morgan fingerprint density at radius 2 is 1.87 bits per heavy atom. The van der Waals surface area contributed by atoms with Gasteiger partial charge in [0.15, 0.2) is 0 Å². The predicted molar refractivity (Wildman–Crippen MR) is 65.9 cm³/mol. The van der Waals surface area contributed by atoms with Crippen LogP contribution in [0.5, 0.6) is 0 Å². The molecule has 0 aromatic carbocycles. The fourth-order valence-electron chi connectivity index (χ4n) is 3.08. The Morgan fingerprint density at radius 1 is 1.13 bits per heavy atom. The van der Waals surface area contributed by atoms with Crippen molar-refractivity contribution in [2.45, 2.75) is 58.9 Å². The lowest BCUT2D eigenvalue weighted by Gasteiger charge is -2.38. The average Bonchev–Trinajstić information content (AvgIpc) is 2.97. The van der Waals surface area contributed by atoms with Gasteiger partial charge in [0.2, 0.25) is 0 Å². The van der Waals surface area contributed by atoms with Crippen LogP contribution in [0.1, 0.15) is 52.9 Å². The number of hydrogen-bond donors (Lipinski definition) is 1. The molecule has 15 heavy (non-hydrogen) atoms. The third kappa shape index (κ3) is 3.21. The van der Waals surface area contributed by atoms with E-state index < -0.39 is 0 Å². The molecule has 0 unspecified atom stereocenters. The normalized spacial score (nSPS) is 37.2. The van der Waals surface area contributed by atoms with Gasteiger partial charge in [0, 0.05) is 6.04 Å². The van der Waals surface area contributed by atoms with Crippen LogP contribution in [0.3, 0.4) is 0 Å². The molecule has 3 atom stereocenters. The maximum absolute atomic E-state index is 3.85. The minimum Gasteiger partial charge on any atom is -0.313 e.